The molecule has 0 radical (unpaired) electrons. The zero-order valence-corrected chi connectivity index (χ0v) is 17.4. The molecule has 5 fully saturated rings. The predicted octanol–water partition coefficient (Wildman–Crippen LogP) is 4.28. The Balaban J connectivity index is 1.50. The van der Waals surface area contributed by atoms with Gasteiger partial charge in [-0.1, -0.05) is 56.3 Å². The van der Waals surface area contributed by atoms with E-state index >= 15 is 0 Å². The third kappa shape index (κ3) is 2.55. The van der Waals surface area contributed by atoms with Gasteiger partial charge in [0.15, 0.2) is 0 Å². The Bertz CT molecular complexity index is 793. The van der Waals surface area contributed by atoms with Gasteiger partial charge in [0.1, 0.15) is 0 Å². The largest absolute Gasteiger partial charge is 0.342 e. The highest BCUT2D eigenvalue weighted by Crippen LogP contribution is 2.67. The Kier molecular flexibility index (Phi) is 3.91. The number of carbonyl (C=O) groups excluding carboxylic acids is 1. The monoisotopic (exact) mass is 378 g/mol. The molecular weight excluding hydrogens is 344 g/mol. The Labute approximate surface area is 169 Å². The van der Waals surface area contributed by atoms with Crippen LogP contribution in [0, 0.1) is 22.7 Å². The number of likely N-dealkylation sites (tertiary alicyclic amines) is 1. The van der Waals surface area contributed by atoms with Crippen LogP contribution in [0.1, 0.15) is 57.9 Å². The quantitative estimate of drug-likeness (QED) is 0.781. The van der Waals surface area contributed by atoms with Gasteiger partial charge in [-0.05, 0) is 66.8 Å². The summed E-state index contributed by atoms with van der Waals surface area (Å²) in [4.78, 5) is 16.1. The van der Waals surface area contributed by atoms with Gasteiger partial charge >= 0.3 is 0 Å². The molecule has 3 heteroatoms. The summed E-state index contributed by atoms with van der Waals surface area (Å²) < 4.78 is 0. The van der Waals surface area contributed by atoms with E-state index in [1.165, 1.54) is 24.0 Å². The van der Waals surface area contributed by atoms with Gasteiger partial charge in [0, 0.05) is 19.1 Å². The van der Waals surface area contributed by atoms with Crippen molar-refractivity contribution in [1.82, 2.24) is 4.90 Å². The number of hydrogen-bond donors (Lipinski definition) is 1. The lowest BCUT2D eigenvalue weighted by molar-refractivity contribution is -0.159. The van der Waals surface area contributed by atoms with Crippen molar-refractivity contribution in [3.05, 3.63) is 48.0 Å². The van der Waals surface area contributed by atoms with Crippen LogP contribution in [0.2, 0.25) is 0 Å². The van der Waals surface area contributed by atoms with Crippen LogP contribution in [0.25, 0.3) is 0 Å². The smallest absolute Gasteiger partial charge is 0.228 e. The number of rotatable bonds is 2. The number of nitrogens with zero attached hydrogens (tertiary/aromatic N) is 1. The van der Waals surface area contributed by atoms with Crippen LogP contribution in [0.5, 0.6) is 0 Å². The van der Waals surface area contributed by atoms with Crippen LogP contribution in [-0.4, -0.2) is 29.9 Å². The number of hydrogen-bond acceptors (Lipinski definition) is 2. The summed E-state index contributed by atoms with van der Waals surface area (Å²) in [5.41, 5.74) is 9.17. The number of piperidine rings is 1. The van der Waals surface area contributed by atoms with Crippen molar-refractivity contribution in [2.24, 2.45) is 28.4 Å². The van der Waals surface area contributed by atoms with E-state index < -0.39 is 0 Å². The van der Waals surface area contributed by atoms with E-state index in [2.05, 4.69) is 55.7 Å². The Hall–Kier alpha value is -1.61. The second-order valence-corrected chi connectivity index (χ2v) is 11.0. The van der Waals surface area contributed by atoms with Gasteiger partial charge < -0.3 is 10.6 Å². The summed E-state index contributed by atoms with van der Waals surface area (Å²) in [6.45, 7) is 10.5. The lowest BCUT2D eigenvalue weighted by Crippen LogP contribution is -2.63. The van der Waals surface area contributed by atoms with E-state index in [1.54, 1.807) is 0 Å². The molecule has 3 atom stereocenters. The van der Waals surface area contributed by atoms with E-state index in [9.17, 15) is 4.79 Å². The molecule has 3 nitrogen and oxygen atoms in total. The van der Waals surface area contributed by atoms with E-state index in [0.29, 0.717) is 17.7 Å². The van der Waals surface area contributed by atoms with Crippen molar-refractivity contribution >= 4 is 5.91 Å². The minimum atomic E-state index is -0.194. The average Bonchev–Trinajstić information content (AvgIpc) is 2.67. The fourth-order valence-electron chi connectivity index (χ4n) is 7.25. The summed E-state index contributed by atoms with van der Waals surface area (Å²) in [5, 5.41) is 0. The van der Waals surface area contributed by atoms with E-state index in [-0.39, 0.29) is 22.3 Å². The third-order valence-corrected chi connectivity index (χ3v) is 8.71. The first-order valence-electron chi connectivity index (χ1n) is 11.0. The maximum atomic E-state index is 14.0. The molecule has 1 aromatic rings. The molecular formula is C25H34N2O. The summed E-state index contributed by atoms with van der Waals surface area (Å²) in [5.74, 6) is 1.42. The number of allylic oxidation sites excluding steroid dienone is 1. The zero-order valence-electron chi connectivity index (χ0n) is 17.4. The SMILES string of the molecule is C=C1C2CC3(C(=O)N4CC[C@H](N)C(C)(C)C4)CC1CC(c1ccccc1)(C2)C3. The Morgan fingerprint density at radius 1 is 1.11 bits per heavy atom. The molecule has 28 heavy (non-hydrogen) atoms. The molecule has 4 bridgehead atoms. The highest BCUT2D eigenvalue weighted by Gasteiger charge is 2.63. The van der Waals surface area contributed by atoms with Gasteiger partial charge in [0.05, 0.1) is 5.41 Å². The van der Waals surface area contributed by atoms with Crippen LogP contribution < -0.4 is 5.73 Å². The number of nitrogens with two attached hydrogens (primary N) is 1. The standard InChI is InChI=1S/C25H34N2O/c1-17-18-11-24(20-7-5-4-6-8-20)12-19(17)14-25(13-18,15-24)22(28)27-10-9-21(26)23(2,3)16-27/h4-8,18-19,21H,1,9-16,26H2,2-3H3/t18?,19?,21-,24?,25?/m0/s1. The van der Waals surface area contributed by atoms with Gasteiger partial charge in [0.25, 0.3) is 0 Å². The van der Waals surface area contributed by atoms with Crippen molar-refractivity contribution < 1.29 is 4.79 Å². The van der Waals surface area contributed by atoms with E-state index in [0.717, 1.165) is 38.8 Å². The average molecular weight is 379 g/mol. The van der Waals surface area contributed by atoms with Gasteiger partial charge in [-0.3, -0.25) is 4.79 Å². The first-order chi connectivity index (χ1) is 13.2. The molecule has 1 heterocycles. The van der Waals surface area contributed by atoms with Crippen LogP contribution >= 0.6 is 0 Å². The molecule has 5 aliphatic rings. The van der Waals surface area contributed by atoms with Gasteiger partial charge in [-0.25, -0.2) is 0 Å². The van der Waals surface area contributed by atoms with Crippen LogP contribution in [-0.2, 0) is 10.2 Å². The minimum Gasteiger partial charge on any atom is -0.342 e. The first-order valence-corrected chi connectivity index (χ1v) is 11.0. The van der Waals surface area contributed by atoms with Crippen LogP contribution in [0.4, 0.5) is 0 Å². The second kappa shape index (κ2) is 5.95. The minimum absolute atomic E-state index is 0.00306. The molecule has 0 spiro atoms. The summed E-state index contributed by atoms with van der Waals surface area (Å²) >= 11 is 0. The topological polar surface area (TPSA) is 46.3 Å². The molecule has 1 saturated heterocycles. The molecule has 1 aliphatic heterocycles. The van der Waals surface area contributed by atoms with E-state index in [1.807, 2.05) is 0 Å². The lowest BCUT2D eigenvalue weighted by Gasteiger charge is -2.63. The fourth-order valence-corrected chi connectivity index (χ4v) is 7.25. The molecule has 4 saturated carbocycles. The van der Waals surface area contributed by atoms with Crippen molar-refractivity contribution in [2.75, 3.05) is 13.1 Å². The van der Waals surface area contributed by atoms with Crippen LogP contribution in [0.3, 0.4) is 0 Å². The van der Waals surface area contributed by atoms with Gasteiger partial charge in [0.2, 0.25) is 5.91 Å². The third-order valence-electron chi connectivity index (χ3n) is 8.71. The molecule has 4 aliphatic carbocycles. The lowest BCUT2D eigenvalue weighted by atomic mass is 9.41. The number of benzene rings is 1. The van der Waals surface area contributed by atoms with Crippen molar-refractivity contribution in [2.45, 2.75) is 63.8 Å². The Morgan fingerprint density at radius 3 is 2.36 bits per heavy atom. The van der Waals surface area contributed by atoms with Gasteiger partial charge in [-0.2, -0.15) is 0 Å². The first kappa shape index (κ1) is 18.4. The normalized spacial score (nSPS) is 41.3. The van der Waals surface area contributed by atoms with E-state index in [4.69, 9.17) is 5.73 Å². The summed E-state index contributed by atoms with van der Waals surface area (Å²) in [6.07, 6.45) is 6.32. The van der Waals surface area contributed by atoms with Crippen molar-refractivity contribution in [1.29, 1.82) is 0 Å². The molecule has 6 rings (SSSR count). The Morgan fingerprint density at radius 2 is 1.75 bits per heavy atom. The van der Waals surface area contributed by atoms with Crippen molar-refractivity contribution in [3.8, 4) is 0 Å². The van der Waals surface area contributed by atoms with Crippen molar-refractivity contribution in [3.63, 3.8) is 0 Å². The number of carbonyl (C=O) groups is 1. The summed E-state index contributed by atoms with van der Waals surface area (Å²) in [7, 11) is 0. The molecule has 2 N–H and O–H groups in total. The molecule has 1 aromatic carbocycles. The predicted molar refractivity (Wildman–Crippen MR) is 113 cm³/mol. The zero-order chi connectivity index (χ0) is 19.7. The molecule has 0 aromatic heterocycles. The second-order valence-electron chi connectivity index (χ2n) is 11.0. The highest BCUT2D eigenvalue weighted by atomic mass is 16.2. The molecule has 2 unspecified atom stereocenters. The molecule has 150 valence electrons. The number of amides is 1. The highest BCUT2D eigenvalue weighted by molar-refractivity contribution is 5.84. The molecule has 1 amide bonds. The van der Waals surface area contributed by atoms with Gasteiger partial charge in [-0.15, -0.1) is 0 Å². The fraction of sp³-hybridized carbons (Fsp3) is 0.640. The maximum absolute atomic E-state index is 14.0. The maximum Gasteiger partial charge on any atom is 0.228 e. The summed E-state index contributed by atoms with van der Waals surface area (Å²) in [6, 6.07) is 11.2. The van der Waals surface area contributed by atoms with Crippen LogP contribution in [0.15, 0.2) is 42.5 Å².